The Balaban J connectivity index is 1.86. The maximum Gasteiger partial charge on any atom is 0.279 e. The number of hydrogen-bond donors (Lipinski definition) is 0. The molecule has 0 aliphatic heterocycles. The summed E-state index contributed by atoms with van der Waals surface area (Å²) in [6.45, 7) is 4.03. The molecule has 28 heavy (non-hydrogen) atoms. The second kappa shape index (κ2) is 10.2. The van der Waals surface area contributed by atoms with Crippen molar-refractivity contribution < 1.29 is 14.3 Å². The summed E-state index contributed by atoms with van der Waals surface area (Å²) >= 11 is 1.51. The molecule has 0 bridgehead atoms. The number of aromatic nitrogens is 1. The number of amides is 1. The first-order chi connectivity index (χ1) is 13.7. The van der Waals surface area contributed by atoms with Crippen molar-refractivity contribution >= 4 is 27.5 Å². The standard InChI is InChI=1S/C22H26N2O3S/c1-3-4-7-14-27-18-10-8-9-17(16-18)21(25)23-22-24(13-15-26-2)19-11-5-6-12-20(19)28-22/h5-6,8-12,16H,3-4,7,13-15H2,1-2H3. The van der Waals surface area contributed by atoms with E-state index in [9.17, 15) is 4.79 Å². The van der Waals surface area contributed by atoms with Gasteiger partial charge in [-0.2, -0.15) is 4.99 Å². The lowest BCUT2D eigenvalue weighted by Gasteiger charge is -2.06. The number of para-hydroxylation sites is 1. The van der Waals surface area contributed by atoms with E-state index in [1.54, 1.807) is 19.2 Å². The van der Waals surface area contributed by atoms with Crippen LogP contribution >= 0.6 is 11.3 Å². The molecular weight excluding hydrogens is 372 g/mol. The van der Waals surface area contributed by atoms with Gasteiger partial charge in [-0.15, -0.1) is 0 Å². The van der Waals surface area contributed by atoms with Gasteiger partial charge in [0, 0.05) is 19.2 Å². The first-order valence-electron chi connectivity index (χ1n) is 9.62. The van der Waals surface area contributed by atoms with Crippen LogP contribution in [0.1, 0.15) is 36.5 Å². The van der Waals surface area contributed by atoms with Gasteiger partial charge in [-0.1, -0.05) is 49.3 Å². The lowest BCUT2D eigenvalue weighted by molar-refractivity contribution is 0.0997. The maximum absolute atomic E-state index is 12.8. The summed E-state index contributed by atoms with van der Waals surface area (Å²) in [7, 11) is 1.67. The topological polar surface area (TPSA) is 52.8 Å². The zero-order valence-electron chi connectivity index (χ0n) is 16.4. The Morgan fingerprint density at radius 1 is 1.11 bits per heavy atom. The third-order valence-corrected chi connectivity index (χ3v) is 5.46. The maximum atomic E-state index is 12.8. The van der Waals surface area contributed by atoms with Crippen LogP contribution in [0.2, 0.25) is 0 Å². The van der Waals surface area contributed by atoms with E-state index in [2.05, 4.69) is 11.9 Å². The summed E-state index contributed by atoms with van der Waals surface area (Å²) in [6.07, 6.45) is 3.31. The Kier molecular flexibility index (Phi) is 7.39. The van der Waals surface area contributed by atoms with E-state index in [-0.39, 0.29) is 5.91 Å². The minimum atomic E-state index is -0.267. The van der Waals surface area contributed by atoms with Crippen molar-refractivity contribution in [1.29, 1.82) is 0 Å². The van der Waals surface area contributed by atoms with Crippen molar-refractivity contribution in [2.45, 2.75) is 32.7 Å². The molecule has 148 valence electrons. The predicted molar refractivity (Wildman–Crippen MR) is 113 cm³/mol. The molecule has 6 heteroatoms. The summed E-state index contributed by atoms with van der Waals surface area (Å²) < 4.78 is 14.1. The highest BCUT2D eigenvalue weighted by Gasteiger charge is 2.10. The van der Waals surface area contributed by atoms with Crippen molar-refractivity contribution in [2.75, 3.05) is 20.3 Å². The Bertz CT molecular complexity index is 991. The smallest absolute Gasteiger partial charge is 0.279 e. The molecule has 0 N–H and O–H groups in total. The molecule has 5 nitrogen and oxygen atoms in total. The molecule has 0 unspecified atom stereocenters. The van der Waals surface area contributed by atoms with E-state index in [0.717, 1.165) is 29.5 Å². The van der Waals surface area contributed by atoms with Crippen molar-refractivity contribution in [2.24, 2.45) is 4.99 Å². The molecule has 0 atom stereocenters. The van der Waals surface area contributed by atoms with Crippen LogP contribution in [0.15, 0.2) is 53.5 Å². The van der Waals surface area contributed by atoms with Crippen LogP contribution in [0.4, 0.5) is 0 Å². The summed E-state index contributed by atoms with van der Waals surface area (Å²) in [6, 6.07) is 15.3. The van der Waals surface area contributed by atoms with E-state index >= 15 is 0 Å². The number of methoxy groups -OCH3 is 1. The van der Waals surface area contributed by atoms with E-state index in [0.29, 0.717) is 35.9 Å². The van der Waals surface area contributed by atoms with Crippen LogP contribution in [-0.4, -0.2) is 30.8 Å². The number of nitrogens with zero attached hydrogens (tertiary/aromatic N) is 2. The highest BCUT2D eigenvalue weighted by Crippen LogP contribution is 2.18. The molecule has 0 aliphatic rings. The second-order valence-electron chi connectivity index (χ2n) is 6.50. The molecule has 0 saturated heterocycles. The van der Waals surface area contributed by atoms with E-state index in [1.807, 2.05) is 41.0 Å². The lowest BCUT2D eigenvalue weighted by atomic mass is 10.2. The number of benzene rings is 2. The summed E-state index contributed by atoms with van der Waals surface area (Å²) in [4.78, 5) is 17.9. The third kappa shape index (κ3) is 5.09. The molecule has 1 heterocycles. The van der Waals surface area contributed by atoms with Gasteiger partial charge in [-0.25, -0.2) is 0 Å². The Hall–Kier alpha value is -2.44. The van der Waals surface area contributed by atoms with Crippen LogP contribution in [0.3, 0.4) is 0 Å². The Morgan fingerprint density at radius 3 is 2.79 bits per heavy atom. The Labute approximate surface area is 169 Å². The highest BCUT2D eigenvalue weighted by molar-refractivity contribution is 7.16. The SMILES string of the molecule is CCCCCOc1cccc(C(=O)N=c2sc3ccccc3n2CCOC)c1. The number of carbonyl (C=O) groups excluding carboxylic acids is 1. The van der Waals surface area contributed by atoms with Crippen molar-refractivity contribution in [1.82, 2.24) is 4.57 Å². The van der Waals surface area contributed by atoms with Crippen molar-refractivity contribution in [3.05, 3.63) is 58.9 Å². The normalized spacial score (nSPS) is 11.9. The van der Waals surface area contributed by atoms with Gasteiger partial charge in [0.05, 0.1) is 23.4 Å². The molecule has 0 radical (unpaired) electrons. The number of unbranched alkanes of at least 4 members (excludes halogenated alkanes) is 2. The van der Waals surface area contributed by atoms with E-state index in [1.165, 1.54) is 11.3 Å². The molecule has 1 amide bonds. The van der Waals surface area contributed by atoms with Crippen molar-refractivity contribution in [3.63, 3.8) is 0 Å². The van der Waals surface area contributed by atoms with E-state index < -0.39 is 0 Å². The van der Waals surface area contributed by atoms with Crippen LogP contribution in [0.5, 0.6) is 5.75 Å². The molecule has 0 aliphatic carbocycles. The largest absolute Gasteiger partial charge is 0.494 e. The molecular formula is C22H26N2O3S. The van der Waals surface area contributed by atoms with Crippen LogP contribution in [0.25, 0.3) is 10.2 Å². The van der Waals surface area contributed by atoms with Gasteiger partial charge < -0.3 is 14.0 Å². The number of hydrogen-bond acceptors (Lipinski definition) is 4. The summed E-state index contributed by atoms with van der Waals surface area (Å²) in [5, 5.41) is 0. The Morgan fingerprint density at radius 2 is 1.96 bits per heavy atom. The van der Waals surface area contributed by atoms with Gasteiger partial charge in [0.1, 0.15) is 5.75 Å². The molecule has 0 saturated carbocycles. The average molecular weight is 399 g/mol. The molecule has 3 aromatic rings. The number of fused-ring (bicyclic) bond motifs is 1. The fourth-order valence-corrected chi connectivity index (χ4v) is 3.97. The second-order valence-corrected chi connectivity index (χ2v) is 7.51. The zero-order chi connectivity index (χ0) is 19.8. The highest BCUT2D eigenvalue weighted by atomic mass is 32.1. The third-order valence-electron chi connectivity index (χ3n) is 4.40. The van der Waals surface area contributed by atoms with Gasteiger partial charge in [0.25, 0.3) is 5.91 Å². The van der Waals surface area contributed by atoms with E-state index in [4.69, 9.17) is 9.47 Å². The van der Waals surface area contributed by atoms with Gasteiger partial charge in [0.15, 0.2) is 4.80 Å². The zero-order valence-corrected chi connectivity index (χ0v) is 17.2. The number of rotatable bonds is 9. The van der Waals surface area contributed by atoms with Gasteiger partial charge in [0.2, 0.25) is 0 Å². The van der Waals surface area contributed by atoms with Crippen molar-refractivity contribution in [3.8, 4) is 5.75 Å². The first-order valence-corrected chi connectivity index (χ1v) is 10.4. The number of ether oxygens (including phenoxy) is 2. The first kappa shape index (κ1) is 20.3. The summed E-state index contributed by atoms with van der Waals surface area (Å²) in [5.74, 6) is 0.442. The fourth-order valence-electron chi connectivity index (χ4n) is 2.92. The quantitative estimate of drug-likeness (QED) is 0.493. The molecule has 2 aromatic carbocycles. The van der Waals surface area contributed by atoms with Crippen LogP contribution < -0.4 is 9.54 Å². The predicted octanol–water partition coefficient (Wildman–Crippen LogP) is 4.66. The molecule has 1 aromatic heterocycles. The van der Waals surface area contributed by atoms with Gasteiger partial charge >= 0.3 is 0 Å². The minimum Gasteiger partial charge on any atom is -0.494 e. The monoisotopic (exact) mass is 398 g/mol. The van der Waals surface area contributed by atoms with Crippen LogP contribution in [0, 0.1) is 0 Å². The van der Waals surface area contributed by atoms with Crippen LogP contribution in [-0.2, 0) is 11.3 Å². The fraction of sp³-hybridized carbons (Fsp3) is 0.364. The average Bonchev–Trinajstić information content (AvgIpc) is 3.07. The number of thiazole rings is 1. The minimum absolute atomic E-state index is 0.267. The van der Waals surface area contributed by atoms with Gasteiger partial charge in [-0.05, 0) is 36.8 Å². The molecule has 3 rings (SSSR count). The number of carbonyl (C=O) groups is 1. The summed E-state index contributed by atoms with van der Waals surface area (Å²) in [5.41, 5.74) is 1.59. The lowest BCUT2D eigenvalue weighted by Crippen LogP contribution is -2.19. The van der Waals surface area contributed by atoms with Gasteiger partial charge in [-0.3, -0.25) is 4.79 Å². The molecule has 0 fully saturated rings. The molecule has 0 spiro atoms.